The van der Waals surface area contributed by atoms with E-state index in [1.807, 2.05) is 29.3 Å². The number of nitrogens with one attached hydrogen (secondary N) is 1. The van der Waals surface area contributed by atoms with Crippen molar-refractivity contribution in [3.8, 4) is 0 Å². The fraction of sp³-hybridized carbons (Fsp3) is 0.412. The van der Waals surface area contributed by atoms with Crippen LogP contribution in [0.1, 0.15) is 23.9 Å². The van der Waals surface area contributed by atoms with Gasteiger partial charge < -0.3 is 9.88 Å². The molecule has 1 aliphatic heterocycles. The molecule has 5 nitrogen and oxygen atoms in total. The van der Waals surface area contributed by atoms with Crippen molar-refractivity contribution in [1.82, 2.24) is 19.8 Å². The van der Waals surface area contributed by atoms with Crippen LogP contribution in [0.4, 0.5) is 0 Å². The highest BCUT2D eigenvalue weighted by atomic mass is 16.2. The summed E-state index contributed by atoms with van der Waals surface area (Å²) in [5.74, 6) is 1.16. The van der Waals surface area contributed by atoms with Gasteiger partial charge in [0, 0.05) is 38.4 Å². The Hall–Kier alpha value is -2.14. The molecule has 2 aromatic rings. The molecule has 0 radical (unpaired) electrons. The number of rotatable bonds is 4. The third-order valence-electron chi connectivity index (χ3n) is 4.31. The lowest BCUT2D eigenvalue weighted by Gasteiger charge is -2.38. The highest BCUT2D eigenvalue weighted by Gasteiger charge is 2.29. The maximum absolute atomic E-state index is 12.5. The van der Waals surface area contributed by atoms with E-state index < -0.39 is 0 Å². The Kier molecular flexibility index (Phi) is 4.53. The van der Waals surface area contributed by atoms with Gasteiger partial charge in [-0.05, 0) is 19.0 Å². The number of carbonyl (C=O) groups excluding carboxylic acids is 1. The third-order valence-corrected chi connectivity index (χ3v) is 4.31. The van der Waals surface area contributed by atoms with Crippen LogP contribution in [0, 0.1) is 0 Å². The zero-order valence-electron chi connectivity index (χ0n) is 12.9. The van der Waals surface area contributed by atoms with Crippen molar-refractivity contribution in [1.29, 1.82) is 0 Å². The number of carbonyl (C=O) groups is 1. The van der Waals surface area contributed by atoms with E-state index in [-0.39, 0.29) is 11.9 Å². The lowest BCUT2D eigenvalue weighted by atomic mass is 10.1. The van der Waals surface area contributed by atoms with Crippen LogP contribution in [0.25, 0.3) is 0 Å². The molecule has 1 fully saturated rings. The molecule has 1 amide bonds. The van der Waals surface area contributed by atoms with Crippen LogP contribution in [-0.2, 0) is 11.2 Å². The van der Waals surface area contributed by atoms with E-state index in [1.54, 1.807) is 6.20 Å². The smallest absolute Gasteiger partial charge is 0.223 e. The monoisotopic (exact) mass is 298 g/mol. The largest absolute Gasteiger partial charge is 0.347 e. The van der Waals surface area contributed by atoms with Crippen LogP contribution >= 0.6 is 0 Å². The Morgan fingerprint density at radius 1 is 1.32 bits per heavy atom. The first-order valence-corrected chi connectivity index (χ1v) is 7.75. The topological polar surface area (TPSA) is 52.2 Å². The average molecular weight is 298 g/mol. The van der Waals surface area contributed by atoms with E-state index in [0.717, 1.165) is 25.3 Å². The van der Waals surface area contributed by atoms with Crippen molar-refractivity contribution < 1.29 is 4.79 Å². The molecular formula is C17H22N4O. The third kappa shape index (κ3) is 3.36. The number of benzene rings is 1. The summed E-state index contributed by atoms with van der Waals surface area (Å²) in [7, 11) is 2.08. The van der Waals surface area contributed by atoms with Crippen molar-refractivity contribution in [2.75, 3.05) is 26.7 Å². The Morgan fingerprint density at radius 2 is 2.14 bits per heavy atom. The minimum absolute atomic E-state index is 0.157. The van der Waals surface area contributed by atoms with Crippen molar-refractivity contribution in [2.24, 2.45) is 0 Å². The Balaban J connectivity index is 1.58. The van der Waals surface area contributed by atoms with Gasteiger partial charge in [-0.15, -0.1) is 0 Å². The second kappa shape index (κ2) is 6.75. The fourth-order valence-corrected chi connectivity index (χ4v) is 2.91. The molecule has 0 saturated carbocycles. The van der Waals surface area contributed by atoms with E-state index in [1.165, 1.54) is 5.56 Å². The minimum Gasteiger partial charge on any atom is -0.347 e. The number of likely N-dealkylation sites (N-methyl/N-ethyl adjacent to an activating group) is 1. The summed E-state index contributed by atoms with van der Waals surface area (Å²) in [5.41, 5.74) is 1.22. The number of hydrogen-bond acceptors (Lipinski definition) is 3. The number of H-pyrrole nitrogens is 1. The van der Waals surface area contributed by atoms with Gasteiger partial charge in [-0.1, -0.05) is 30.3 Å². The van der Waals surface area contributed by atoms with Crippen molar-refractivity contribution in [3.63, 3.8) is 0 Å². The van der Waals surface area contributed by atoms with Crippen LogP contribution in [-0.4, -0.2) is 52.4 Å². The number of aryl methyl sites for hydroxylation is 1. The van der Waals surface area contributed by atoms with Gasteiger partial charge in [-0.2, -0.15) is 0 Å². The predicted octanol–water partition coefficient (Wildman–Crippen LogP) is 1.86. The van der Waals surface area contributed by atoms with Crippen molar-refractivity contribution in [2.45, 2.75) is 18.9 Å². The molecule has 2 heterocycles. The number of imidazole rings is 1. The molecule has 0 bridgehead atoms. The zero-order chi connectivity index (χ0) is 15.4. The summed E-state index contributed by atoms with van der Waals surface area (Å²) >= 11 is 0. The average Bonchev–Trinajstić information content (AvgIpc) is 3.08. The summed E-state index contributed by atoms with van der Waals surface area (Å²) in [6, 6.07) is 10.3. The maximum atomic E-state index is 12.5. The number of hydrogen-bond donors (Lipinski definition) is 1. The Morgan fingerprint density at radius 3 is 2.86 bits per heavy atom. The molecule has 1 aromatic heterocycles. The van der Waals surface area contributed by atoms with E-state index in [2.05, 4.69) is 34.0 Å². The van der Waals surface area contributed by atoms with Crippen LogP contribution in [0.15, 0.2) is 42.7 Å². The maximum Gasteiger partial charge on any atom is 0.223 e. The fourth-order valence-electron chi connectivity index (χ4n) is 2.91. The van der Waals surface area contributed by atoms with E-state index in [9.17, 15) is 4.79 Å². The van der Waals surface area contributed by atoms with Gasteiger partial charge in [-0.25, -0.2) is 4.98 Å². The number of piperazine rings is 1. The minimum atomic E-state index is 0.157. The van der Waals surface area contributed by atoms with Gasteiger partial charge in [-0.3, -0.25) is 9.69 Å². The molecule has 5 heteroatoms. The highest BCUT2D eigenvalue weighted by molar-refractivity contribution is 5.76. The van der Waals surface area contributed by atoms with Crippen LogP contribution in [0.3, 0.4) is 0 Å². The van der Waals surface area contributed by atoms with Gasteiger partial charge in [0.1, 0.15) is 5.82 Å². The molecule has 0 spiro atoms. The van der Waals surface area contributed by atoms with Crippen LogP contribution < -0.4 is 0 Å². The van der Waals surface area contributed by atoms with Crippen molar-refractivity contribution in [3.05, 3.63) is 54.1 Å². The summed E-state index contributed by atoms with van der Waals surface area (Å²) in [6.45, 7) is 2.38. The van der Waals surface area contributed by atoms with E-state index in [4.69, 9.17) is 0 Å². The molecule has 1 aliphatic rings. The molecule has 3 rings (SSSR count). The van der Waals surface area contributed by atoms with Crippen LogP contribution in [0.2, 0.25) is 0 Å². The van der Waals surface area contributed by atoms with Gasteiger partial charge >= 0.3 is 0 Å². The first kappa shape index (κ1) is 14.8. The molecule has 1 N–H and O–H groups in total. The molecule has 1 saturated heterocycles. The van der Waals surface area contributed by atoms with Gasteiger partial charge in [0.15, 0.2) is 0 Å². The highest BCUT2D eigenvalue weighted by Crippen LogP contribution is 2.21. The Bertz CT molecular complexity index is 596. The first-order valence-electron chi connectivity index (χ1n) is 7.75. The molecule has 22 heavy (non-hydrogen) atoms. The SMILES string of the molecule is CN1CCN(C(=O)CCc2ccccc2)CC1c1ncc[nH]1. The van der Waals surface area contributed by atoms with E-state index >= 15 is 0 Å². The van der Waals surface area contributed by atoms with E-state index in [0.29, 0.717) is 13.0 Å². The van der Waals surface area contributed by atoms with Gasteiger partial charge in [0.05, 0.1) is 6.04 Å². The van der Waals surface area contributed by atoms with Crippen molar-refractivity contribution >= 4 is 5.91 Å². The van der Waals surface area contributed by atoms with Gasteiger partial charge in [0.2, 0.25) is 5.91 Å². The summed E-state index contributed by atoms with van der Waals surface area (Å²) in [5, 5.41) is 0. The molecule has 116 valence electrons. The molecule has 0 aliphatic carbocycles. The molecule has 1 atom stereocenters. The lowest BCUT2D eigenvalue weighted by Crippen LogP contribution is -2.49. The molecule has 1 aromatic carbocycles. The first-order chi connectivity index (χ1) is 10.7. The quantitative estimate of drug-likeness (QED) is 0.937. The summed E-state index contributed by atoms with van der Waals surface area (Å²) in [6.07, 6.45) is 4.97. The number of amides is 1. The molecule has 1 unspecified atom stereocenters. The lowest BCUT2D eigenvalue weighted by molar-refractivity contribution is -0.134. The molecular weight excluding hydrogens is 276 g/mol. The number of aromatic nitrogens is 2. The Labute approximate surface area is 131 Å². The van der Waals surface area contributed by atoms with Gasteiger partial charge in [0.25, 0.3) is 0 Å². The zero-order valence-corrected chi connectivity index (χ0v) is 12.9. The summed E-state index contributed by atoms with van der Waals surface area (Å²) < 4.78 is 0. The number of nitrogens with zero attached hydrogens (tertiary/aromatic N) is 3. The normalized spacial score (nSPS) is 19.3. The summed E-state index contributed by atoms with van der Waals surface area (Å²) in [4.78, 5) is 24.2. The second-order valence-electron chi connectivity index (χ2n) is 5.80. The predicted molar refractivity (Wildman–Crippen MR) is 85.3 cm³/mol. The number of aromatic amines is 1. The van der Waals surface area contributed by atoms with Crippen LogP contribution in [0.5, 0.6) is 0 Å². The second-order valence-corrected chi connectivity index (χ2v) is 5.80. The standard InChI is InChI=1S/C17H22N4O/c1-20-11-12-21(13-15(20)17-18-9-10-19-17)16(22)8-7-14-5-3-2-4-6-14/h2-6,9-10,15H,7-8,11-13H2,1H3,(H,18,19).